The smallest absolute Gasteiger partial charge is 0.257 e. The van der Waals surface area contributed by atoms with Crippen LogP contribution in [0.1, 0.15) is 12.5 Å². The van der Waals surface area contributed by atoms with Crippen LogP contribution >= 0.6 is 0 Å². The molecule has 1 rings (SSSR count). The minimum Gasteiger partial charge on any atom is -0.493 e. The third kappa shape index (κ3) is 4.25. The summed E-state index contributed by atoms with van der Waals surface area (Å²) in [6.07, 6.45) is 0. The van der Waals surface area contributed by atoms with E-state index in [2.05, 4.69) is 10.6 Å². The van der Waals surface area contributed by atoms with Gasteiger partial charge >= 0.3 is 0 Å². The van der Waals surface area contributed by atoms with Gasteiger partial charge in [-0.2, -0.15) is 0 Å². The lowest BCUT2D eigenvalue weighted by Crippen LogP contribution is -2.28. The molecule has 1 aromatic rings. The number of likely N-dealkylation sites (N-methyl/N-ethyl adjacent to an activating group) is 1. The molecule has 1 aromatic carbocycles. The standard InChI is InChI=1S/C13H20N2O3/c1-4-15-13(16)9-18-11-6-5-10(8-14-2)7-12(11)17-3/h5-7,14H,4,8-9H2,1-3H3,(H,15,16). The molecule has 0 fully saturated rings. The number of hydrogen-bond donors (Lipinski definition) is 2. The molecule has 0 saturated carbocycles. The molecule has 0 atom stereocenters. The fraction of sp³-hybridized carbons (Fsp3) is 0.462. The van der Waals surface area contributed by atoms with Gasteiger partial charge in [-0.05, 0) is 31.7 Å². The van der Waals surface area contributed by atoms with Crippen molar-refractivity contribution in [2.75, 3.05) is 27.3 Å². The lowest BCUT2D eigenvalue weighted by Gasteiger charge is -2.12. The number of benzene rings is 1. The van der Waals surface area contributed by atoms with Crippen LogP contribution in [0.15, 0.2) is 18.2 Å². The first-order valence-electron chi connectivity index (χ1n) is 5.92. The summed E-state index contributed by atoms with van der Waals surface area (Å²) in [5, 5.41) is 5.73. The van der Waals surface area contributed by atoms with Crippen molar-refractivity contribution in [3.63, 3.8) is 0 Å². The molecular formula is C13H20N2O3. The molecule has 1 amide bonds. The van der Waals surface area contributed by atoms with E-state index in [9.17, 15) is 4.79 Å². The first-order valence-corrected chi connectivity index (χ1v) is 5.92. The van der Waals surface area contributed by atoms with Crippen molar-refractivity contribution in [3.05, 3.63) is 23.8 Å². The van der Waals surface area contributed by atoms with Crippen molar-refractivity contribution in [3.8, 4) is 11.5 Å². The van der Waals surface area contributed by atoms with Crippen molar-refractivity contribution in [2.45, 2.75) is 13.5 Å². The Labute approximate surface area is 107 Å². The van der Waals surface area contributed by atoms with E-state index in [0.717, 1.165) is 12.1 Å². The summed E-state index contributed by atoms with van der Waals surface area (Å²) >= 11 is 0. The molecule has 100 valence electrons. The Morgan fingerprint density at radius 1 is 1.33 bits per heavy atom. The minimum atomic E-state index is -0.140. The highest BCUT2D eigenvalue weighted by molar-refractivity contribution is 5.77. The molecular weight excluding hydrogens is 232 g/mol. The van der Waals surface area contributed by atoms with Crippen LogP contribution in [-0.4, -0.2) is 33.2 Å². The van der Waals surface area contributed by atoms with E-state index in [0.29, 0.717) is 18.0 Å². The van der Waals surface area contributed by atoms with Crippen LogP contribution in [0.2, 0.25) is 0 Å². The summed E-state index contributed by atoms with van der Waals surface area (Å²) in [7, 11) is 3.46. The molecule has 0 aliphatic carbocycles. The highest BCUT2D eigenvalue weighted by Gasteiger charge is 2.07. The molecule has 0 aromatic heterocycles. The van der Waals surface area contributed by atoms with Crippen LogP contribution in [0.3, 0.4) is 0 Å². The van der Waals surface area contributed by atoms with Gasteiger partial charge in [0.15, 0.2) is 18.1 Å². The third-order valence-electron chi connectivity index (χ3n) is 2.34. The molecule has 0 radical (unpaired) electrons. The van der Waals surface area contributed by atoms with Gasteiger partial charge in [0.25, 0.3) is 5.91 Å². The van der Waals surface area contributed by atoms with Crippen molar-refractivity contribution < 1.29 is 14.3 Å². The zero-order valence-electron chi connectivity index (χ0n) is 11.1. The Hall–Kier alpha value is -1.75. The summed E-state index contributed by atoms with van der Waals surface area (Å²) in [5.74, 6) is 1.06. The van der Waals surface area contributed by atoms with Crippen LogP contribution in [0.4, 0.5) is 0 Å². The maximum Gasteiger partial charge on any atom is 0.257 e. The van der Waals surface area contributed by atoms with Crippen molar-refractivity contribution in [1.82, 2.24) is 10.6 Å². The topological polar surface area (TPSA) is 59.6 Å². The first-order chi connectivity index (χ1) is 8.71. The maximum absolute atomic E-state index is 11.3. The van der Waals surface area contributed by atoms with Crippen LogP contribution in [0, 0.1) is 0 Å². The summed E-state index contributed by atoms with van der Waals surface area (Å²) in [6, 6.07) is 5.64. The van der Waals surface area contributed by atoms with Crippen LogP contribution < -0.4 is 20.1 Å². The predicted octanol–water partition coefficient (Wildman–Crippen LogP) is 0.929. The number of ether oxygens (including phenoxy) is 2. The fourth-order valence-electron chi connectivity index (χ4n) is 1.54. The Morgan fingerprint density at radius 3 is 2.72 bits per heavy atom. The van der Waals surface area contributed by atoms with E-state index in [4.69, 9.17) is 9.47 Å². The second-order valence-electron chi connectivity index (χ2n) is 3.76. The number of carbonyl (C=O) groups is 1. The lowest BCUT2D eigenvalue weighted by molar-refractivity contribution is -0.123. The lowest BCUT2D eigenvalue weighted by atomic mass is 10.2. The predicted molar refractivity (Wildman–Crippen MR) is 69.9 cm³/mol. The summed E-state index contributed by atoms with van der Waals surface area (Å²) in [6.45, 7) is 3.22. The molecule has 0 spiro atoms. The van der Waals surface area contributed by atoms with Gasteiger partial charge in [0.05, 0.1) is 7.11 Å². The molecule has 0 unspecified atom stereocenters. The quantitative estimate of drug-likeness (QED) is 0.758. The molecule has 0 bridgehead atoms. The Balaban J connectivity index is 2.67. The number of methoxy groups -OCH3 is 1. The highest BCUT2D eigenvalue weighted by Crippen LogP contribution is 2.27. The summed E-state index contributed by atoms with van der Waals surface area (Å²) < 4.78 is 10.7. The zero-order valence-corrected chi connectivity index (χ0v) is 11.1. The van der Waals surface area contributed by atoms with Crippen molar-refractivity contribution >= 4 is 5.91 Å². The van der Waals surface area contributed by atoms with E-state index in [1.807, 2.05) is 32.2 Å². The van der Waals surface area contributed by atoms with E-state index in [1.165, 1.54) is 0 Å². The van der Waals surface area contributed by atoms with Crippen LogP contribution in [0.25, 0.3) is 0 Å². The molecule has 18 heavy (non-hydrogen) atoms. The molecule has 5 nitrogen and oxygen atoms in total. The average Bonchev–Trinajstić information content (AvgIpc) is 2.37. The molecule has 5 heteroatoms. The fourth-order valence-corrected chi connectivity index (χ4v) is 1.54. The van der Waals surface area contributed by atoms with Gasteiger partial charge in [0, 0.05) is 13.1 Å². The first kappa shape index (κ1) is 14.3. The normalized spacial score (nSPS) is 9.94. The number of hydrogen-bond acceptors (Lipinski definition) is 4. The number of nitrogens with one attached hydrogen (secondary N) is 2. The van der Waals surface area contributed by atoms with E-state index >= 15 is 0 Å². The van der Waals surface area contributed by atoms with Gasteiger partial charge < -0.3 is 20.1 Å². The van der Waals surface area contributed by atoms with E-state index < -0.39 is 0 Å². The SMILES string of the molecule is CCNC(=O)COc1ccc(CNC)cc1OC. The second kappa shape index (κ2) is 7.55. The molecule has 0 aliphatic rings. The van der Waals surface area contributed by atoms with E-state index in [-0.39, 0.29) is 12.5 Å². The van der Waals surface area contributed by atoms with Crippen LogP contribution in [-0.2, 0) is 11.3 Å². The van der Waals surface area contributed by atoms with Crippen molar-refractivity contribution in [2.24, 2.45) is 0 Å². The summed E-state index contributed by atoms with van der Waals surface area (Å²) in [5.41, 5.74) is 1.10. The number of carbonyl (C=O) groups excluding carboxylic acids is 1. The van der Waals surface area contributed by atoms with Gasteiger partial charge in [-0.15, -0.1) is 0 Å². The maximum atomic E-state index is 11.3. The highest BCUT2D eigenvalue weighted by atomic mass is 16.5. The van der Waals surface area contributed by atoms with Gasteiger partial charge in [-0.1, -0.05) is 6.07 Å². The monoisotopic (exact) mass is 252 g/mol. The Bertz CT molecular complexity index is 394. The van der Waals surface area contributed by atoms with Gasteiger partial charge in [0.2, 0.25) is 0 Å². The zero-order chi connectivity index (χ0) is 13.4. The van der Waals surface area contributed by atoms with E-state index in [1.54, 1.807) is 7.11 Å². The number of amides is 1. The molecule has 2 N–H and O–H groups in total. The van der Waals surface area contributed by atoms with Gasteiger partial charge in [-0.25, -0.2) is 0 Å². The molecule has 0 heterocycles. The van der Waals surface area contributed by atoms with Gasteiger partial charge in [-0.3, -0.25) is 4.79 Å². The Kier molecular flexibility index (Phi) is 6.00. The van der Waals surface area contributed by atoms with Crippen LogP contribution in [0.5, 0.6) is 11.5 Å². The third-order valence-corrected chi connectivity index (χ3v) is 2.34. The minimum absolute atomic E-state index is 0.00439. The average molecular weight is 252 g/mol. The largest absolute Gasteiger partial charge is 0.493 e. The number of rotatable bonds is 7. The molecule has 0 saturated heterocycles. The molecule has 0 aliphatic heterocycles. The Morgan fingerprint density at radius 2 is 2.11 bits per heavy atom. The van der Waals surface area contributed by atoms with Gasteiger partial charge in [0.1, 0.15) is 0 Å². The summed E-state index contributed by atoms with van der Waals surface area (Å²) in [4.78, 5) is 11.3. The van der Waals surface area contributed by atoms with Crippen molar-refractivity contribution in [1.29, 1.82) is 0 Å². The second-order valence-corrected chi connectivity index (χ2v) is 3.76.